The van der Waals surface area contributed by atoms with Gasteiger partial charge in [-0.3, -0.25) is 0 Å². The fraction of sp³-hybridized carbons (Fsp3) is 0.478. The number of fused-ring (bicyclic) bond motifs is 1. The van der Waals surface area contributed by atoms with E-state index in [0.717, 1.165) is 23.6 Å². The fourth-order valence-electron chi connectivity index (χ4n) is 4.38. The first-order valence-corrected chi connectivity index (χ1v) is 12.4. The van der Waals surface area contributed by atoms with Crippen LogP contribution in [0.1, 0.15) is 38.5 Å². The van der Waals surface area contributed by atoms with Crippen molar-refractivity contribution in [1.82, 2.24) is 9.21 Å². The van der Waals surface area contributed by atoms with E-state index >= 15 is 0 Å². The van der Waals surface area contributed by atoms with Gasteiger partial charge < -0.3 is 15.1 Å². The Balaban J connectivity index is 0.000000427. The quantitative estimate of drug-likeness (QED) is 0.674. The number of likely N-dealkylation sites (tertiary alicyclic amines) is 1. The number of carbonyl (C=O) groups is 2. The molecule has 32 heavy (non-hydrogen) atoms. The van der Waals surface area contributed by atoms with E-state index in [1.54, 1.807) is 10.4 Å². The topological polar surface area (TPSA) is 115 Å². The Kier molecular flexibility index (Phi) is 8.22. The highest BCUT2D eigenvalue weighted by atomic mass is 32.2. The van der Waals surface area contributed by atoms with Gasteiger partial charge in [-0.25, -0.2) is 18.0 Å². The first-order valence-electron chi connectivity index (χ1n) is 11.0. The van der Waals surface area contributed by atoms with Gasteiger partial charge in [-0.05, 0) is 61.7 Å². The first-order chi connectivity index (χ1) is 15.3. The van der Waals surface area contributed by atoms with Gasteiger partial charge in [0.1, 0.15) is 0 Å². The zero-order chi connectivity index (χ0) is 23.1. The fourth-order valence-corrected chi connectivity index (χ4v) is 5.89. The van der Waals surface area contributed by atoms with Crippen molar-refractivity contribution in [2.24, 2.45) is 0 Å². The Morgan fingerprint density at radius 2 is 1.34 bits per heavy atom. The summed E-state index contributed by atoms with van der Waals surface area (Å²) in [5.41, 5.74) is 0. The first kappa shape index (κ1) is 24.2. The molecule has 2 aromatic rings. The molecule has 2 saturated heterocycles. The highest BCUT2D eigenvalue weighted by Gasteiger charge is 2.31. The molecule has 9 heteroatoms. The summed E-state index contributed by atoms with van der Waals surface area (Å²) in [6, 6.07) is 13.9. The molecule has 2 heterocycles. The van der Waals surface area contributed by atoms with E-state index in [2.05, 4.69) is 4.90 Å². The van der Waals surface area contributed by atoms with Crippen LogP contribution in [0.3, 0.4) is 0 Å². The van der Waals surface area contributed by atoms with E-state index < -0.39 is 22.0 Å². The third kappa shape index (κ3) is 6.05. The van der Waals surface area contributed by atoms with Crippen LogP contribution in [0.2, 0.25) is 0 Å². The number of rotatable bonds is 3. The van der Waals surface area contributed by atoms with Crippen LogP contribution in [0.25, 0.3) is 10.8 Å². The zero-order valence-electron chi connectivity index (χ0n) is 18.0. The van der Waals surface area contributed by atoms with Crippen LogP contribution in [0, 0.1) is 0 Å². The van der Waals surface area contributed by atoms with Crippen molar-refractivity contribution in [3.8, 4) is 0 Å². The molecule has 0 amide bonds. The number of nitrogens with zero attached hydrogens (tertiary/aromatic N) is 2. The number of aliphatic carboxylic acids is 2. The van der Waals surface area contributed by atoms with Crippen LogP contribution < -0.4 is 0 Å². The molecule has 0 unspecified atom stereocenters. The zero-order valence-corrected chi connectivity index (χ0v) is 18.8. The van der Waals surface area contributed by atoms with Gasteiger partial charge in [0.2, 0.25) is 10.0 Å². The minimum Gasteiger partial charge on any atom is -0.473 e. The molecule has 2 aliphatic rings. The van der Waals surface area contributed by atoms with Gasteiger partial charge in [-0.15, -0.1) is 0 Å². The number of hydrogen-bond acceptors (Lipinski definition) is 5. The van der Waals surface area contributed by atoms with E-state index in [1.807, 2.05) is 36.4 Å². The normalized spacial score (nSPS) is 19.0. The van der Waals surface area contributed by atoms with Crippen molar-refractivity contribution in [3.63, 3.8) is 0 Å². The van der Waals surface area contributed by atoms with Gasteiger partial charge in [-0.2, -0.15) is 4.31 Å². The minimum atomic E-state index is -3.40. The van der Waals surface area contributed by atoms with Crippen LogP contribution in [0.15, 0.2) is 47.4 Å². The van der Waals surface area contributed by atoms with E-state index in [4.69, 9.17) is 19.8 Å². The Labute approximate surface area is 188 Å². The summed E-state index contributed by atoms with van der Waals surface area (Å²) in [7, 11) is -3.40. The van der Waals surface area contributed by atoms with Crippen molar-refractivity contribution in [1.29, 1.82) is 0 Å². The van der Waals surface area contributed by atoms with Crippen LogP contribution in [-0.2, 0) is 19.6 Å². The second kappa shape index (κ2) is 10.9. The molecule has 2 aliphatic heterocycles. The molecule has 2 fully saturated rings. The molecule has 2 N–H and O–H groups in total. The third-order valence-electron chi connectivity index (χ3n) is 6.12. The van der Waals surface area contributed by atoms with Crippen LogP contribution in [0.5, 0.6) is 0 Å². The Morgan fingerprint density at radius 3 is 1.91 bits per heavy atom. The summed E-state index contributed by atoms with van der Waals surface area (Å²) in [4.78, 5) is 21.2. The highest BCUT2D eigenvalue weighted by Crippen LogP contribution is 2.26. The molecule has 0 atom stereocenters. The number of carboxylic acid groups (broad SMARTS) is 2. The monoisotopic (exact) mass is 462 g/mol. The maximum absolute atomic E-state index is 13.1. The number of sulfonamides is 1. The Bertz CT molecular complexity index is 1030. The predicted molar refractivity (Wildman–Crippen MR) is 121 cm³/mol. The summed E-state index contributed by atoms with van der Waals surface area (Å²) < 4.78 is 27.8. The third-order valence-corrected chi connectivity index (χ3v) is 8.02. The van der Waals surface area contributed by atoms with Crippen LogP contribution in [-0.4, -0.2) is 72.0 Å². The summed E-state index contributed by atoms with van der Waals surface area (Å²) in [5, 5.41) is 16.8. The summed E-state index contributed by atoms with van der Waals surface area (Å²) in [6.07, 6.45) is 7.15. The number of piperidine rings is 1. The average molecular weight is 463 g/mol. The maximum atomic E-state index is 13.1. The van der Waals surface area contributed by atoms with Gasteiger partial charge in [0, 0.05) is 19.1 Å². The standard InChI is InChI=1S/C21H28N2O2S.C2H2O4/c24-26(25,21-10-9-18-7-3-4-8-19(18)17-21)23-15-11-20(12-16-23)22-13-5-1-2-6-14-22;3-1(4)2(5)6/h3-4,7-10,17,20H,1-2,5-6,11-16H2;(H,3,4)(H,5,6). The van der Waals surface area contributed by atoms with Gasteiger partial charge in [-0.1, -0.05) is 43.2 Å². The maximum Gasteiger partial charge on any atom is 0.414 e. The SMILES string of the molecule is O=C(O)C(=O)O.O=S(=O)(c1ccc2ccccc2c1)N1CCC(N2CCCCCC2)CC1. The molecule has 0 spiro atoms. The lowest BCUT2D eigenvalue weighted by Gasteiger charge is -2.37. The van der Waals surface area contributed by atoms with Crippen molar-refractivity contribution in [2.45, 2.75) is 49.5 Å². The van der Waals surface area contributed by atoms with Gasteiger partial charge in [0.05, 0.1) is 4.90 Å². The smallest absolute Gasteiger partial charge is 0.414 e. The summed E-state index contributed by atoms with van der Waals surface area (Å²) in [5.74, 6) is -3.65. The van der Waals surface area contributed by atoms with E-state index in [1.165, 1.54) is 38.8 Å². The second-order valence-electron chi connectivity index (χ2n) is 8.20. The molecule has 0 bridgehead atoms. The second-order valence-corrected chi connectivity index (χ2v) is 10.1. The largest absolute Gasteiger partial charge is 0.473 e. The van der Waals surface area contributed by atoms with E-state index in [-0.39, 0.29) is 0 Å². The van der Waals surface area contributed by atoms with Crippen LogP contribution >= 0.6 is 0 Å². The van der Waals surface area contributed by atoms with Gasteiger partial charge >= 0.3 is 11.9 Å². The molecule has 4 rings (SSSR count). The molecule has 0 aromatic heterocycles. The summed E-state index contributed by atoms with van der Waals surface area (Å²) >= 11 is 0. The van der Waals surface area contributed by atoms with E-state index in [9.17, 15) is 8.42 Å². The Morgan fingerprint density at radius 1 is 0.781 bits per heavy atom. The lowest BCUT2D eigenvalue weighted by Crippen LogP contribution is -2.46. The molecule has 0 aliphatic carbocycles. The summed E-state index contributed by atoms with van der Waals surface area (Å²) in [6.45, 7) is 3.64. The average Bonchev–Trinajstić information content (AvgIpc) is 3.09. The molecule has 2 aromatic carbocycles. The van der Waals surface area contributed by atoms with Crippen molar-refractivity contribution < 1.29 is 28.2 Å². The van der Waals surface area contributed by atoms with Crippen molar-refractivity contribution in [2.75, 3.05) is 26.2 Å². The molecular weight excluding hydrogens is 432 g/mol. The number of hydrogen-bond donors (Lipinski definition) is 2. The van der Waals surface area contributed by atoms with Crippen molar-refractivity contribution >= 4 is 32.7 Å². The molecule has 0 saturated carbocycles. The van der Waals surface area contributed by atoms with E-state index in [0.29, 0.717) is 24.0 Å². The molecule has 0 radical (unpaired) electrons. The predicted octanol–water partition coefficient (Wildman–Crippen LogP) is 3.02. The van der Waals surface area contributed by atoms with Gasteiger partial charge in [0.25, 0.3) is 0 Å². The van der Waals surface area contributed by atoms with Crippen molar-refractivity contribution in [3.05, 3.63) is 42.5 Å². The number of carboxylic acids is 2. The minimum absolute atomic E-state index is 0.421. The molecule has 174 valence electrons. The van der Waals surface area contributed by atoms with Gasteiger partial charge in [0.15, 0.2) is 0 Å². The number of benzene rings is 2. The lowest BCUT2D eigenvalue weighted by atomic mass is 10.0. The molecular formula is C23H30N2O6S. The van der Waals surface area contributed by atoms with Crippen LogP contribution in [0.4, 0.5) is 0 Å². The molecule has 8 nitrogen and oxygen atoms in total. The highest BCUT2D eigenvalue weighted by molar-refractivity contribution is 7.89. The Hall–Kier alpha value is -2.49. The lowest BCUT2D eigenvalue weighted by molar-refractivity contribution is -0.159.